The van der Waals surface area contributed by atoms with E-state index in [0.29, 0.717) is 0 Å². The smallest absolute Gasteiger partial charge is 0.0726 e. The van der Waals surface area contributed by atoms with Crippen LogP contribution >= 0.6 is 0 Å². The number of rotatable bonds is 7. The minimum atomic E-state index is -0.585. The molecule has 0 unspecified atom stereocenters. The van der Waals surface area contributed by atoms with E-state index < -0.39 is 10.8 Å². The standard InChI is InChI=1S/C65H45N/c1-3-4-29-56-43(2)50-39-37-49(42-61(50)64(56,46-21-7-5-8-22-46)47-23-9-6-10-24-47)66(48-38-40-52-45(41-48)36-35-44-20-11-12-25-51(44)52)62-34-19-33-60-63(62)55-28-15-18-32-59(55)65(60)57-30-16-13-26-53(57)54-27-14-17-31-58(54)65/h3-42H,1H2,2H3/b29-4-. The highest BCUT2D eigenvalue weighted by atomic mass is 15.1. The topological polar surface area (TPSA) is 3.24 Å². The van der Waals surface area contributed by atoms with Gasteiger partial charge in [0.15, 0.2) is 0 Å². The fraction of sp³-hybridized carbons (Fsp3) is 0.0462. The third-order valence-corrected chi connectivity index (χ3v) is 14.9. The molecule has 3 aliphatic carbocycles. The highest BCUT2D eigenvalue weighted by molar-refractivity contribution is 6.09. The van der Waals surface area contributed by atoms with Crippen LogP contribution in [0.25, 0.3) is 49.4 Å². The number of hydrogen-bond donors (Lipinski definition) is 0. The molecule has 66 heavy (non-hydrogen) atoms. The molecule has 310 valence electrons. The van der Waals surface area contributed by atoms with Gasteiger partial charge < -0.3 is 4.90 Å². The molecule has 0 aliphatic heterocycles. The summed E-state index contributed by atoms with van der Waals surface area (Å²) in [5, 5.41) is 4.96. The summed E-state index contributed by atoms with van der Waals surface area (Å²) in [6.45, 7) is 6.40. The van der Waals surface area contributed by atoms with Crippen molar-refractivity contribution in [2.75, 3.05) is 4.90 Å². The molecule has 1 nitrogen and oxygen atoms in total. The van der Waals surface area contributed by atoms with Gasteiger partial charge in [-0.05, 0) is 131 Å². The maximum absolute atomic E-state index is 4.11. The first-order valence-corrected chi connectivity index (χ1v) is 23.0. The zero-order chi connectivity index (χ0) is 44.0. The summed E-state index contributed by atoms with van der Waals surface area (Å²) in [4.78, 5) is 2.55. The van der Waals surface area contributed by atoms with E-state index in [0.717, 1.165) is 17.1 Å². The van der Waals surface area contributed by atoms with E-state index >= 15 is 0 Å². The van der Waals surface area contributed by atoms with Crippen molar-refractivity contribution < 1.29 is 0 Å². The molecule has 0 saturated heterocycles. The van der Waals surface area contributed by atoms with Crippen LogP contribution in [0.3, 0.4) is 0 Å². The molecule has 0 fully saturated rings. The summed E-state index contributed by atoms with van der Waals surface area (Å²) in [5.41, 5.74) is 20.3. The molecule has 0 bridgehead atoms. The number of benzene rings is 10. The number of fused-ring (bicyclic) bond motifs is 14. The second-order valence-electron chi connectivity index (χ2n) is 18.0. The van der Waals surface area contributed by atoms with Gasteiger partial charge in [0, 0.05) is 16.9 Å². The van der Waals surface area contributed by atoms with Gasteiger partial charge in [0.05, 0.1) is 16.5 Å². The van der Waals surface area contributed by atoms with E-state index in [9.17, 15) is 0 Å². The molecule has 0 radical (unpaired) electrons. The van der Waals surface area contributed by atoms with Crippen molar-refractivity contribution in [3.05, 3.63) is 299 Å². The molecule has 0 amide bonds. The van der Waals surface area contributed by atoms with Crippen LogP contribution < -0.4 is 4.90 Å². The molecule has 0 heterocycles. The van der Waals surface area contributed by atoms with Crippen molar-refractivity contribution in [3.63, 3.8) is 0 Å². The lowest BCUT2D eigenvalue weighted by molar-refractivity contribution is 0.761. The van der Waals surface area contributed by atoms with Crippen molar-refractivity contribution in [2.24, 2.45) is 0 Å². The number of anilines is 3. The Morgan fingerprint density at radius 2 is 0.955 bits per heavy atom. The van der Waals surface area contributed by atoms with Crippen LogP contribution in [-0.2, 0) is 10.8 Å². The predicted octanol–water partition coefficient (Wildman–Crippen LogP) is 16.7. The fourth-order valence-corrected chi connectivity index (χ4v) is 12.3. The summed E-state index contributed by atoms with van der Waals surface area (Å²) in [7, 11) is 0. The lowest BCUT2D eigenvalue weighted by atomic mass is 9.66. The summed E-state index contributed by atoms with van der Waals surface area (Å²) >= 11 is 0. The first kappa shape index (κ1) is 38.2. The molecule has 3 aliphatic rings. The van der Waals surface area contributed by atoms with E-state index in [4.69, 9.17) is 0 Å². The third-order valence-electron chi connectivity index (χ3n) is 14.9. The molecule has 0 N–H and O–H groups in total. The lowest BCUT2D eigenvalue weighted by Crippen LogP contribution is -2.29. The maximum Gasteiger partial charge on any atom is 0.0726 e. The average Bonchev–Trinajstić information content (AvgIpc) is 3.95. The van der Waals surface area contributed by atoms with Crippen LogP contribution in [-0.4, -0.2) is 0 Å². The van der Waals surface area contributed by atoms with Crippen molar-refractivity contribution >= 4 is 44.2 Å². The summed E-state index contributed by atoms with van der Waals surface area (Å²) in [6, 6.07) is 84.0. The highest BCUT2D eigenvalue weighted by Gasteiger charge is 2.52. The number of hydrogen-bond acceptors (Lipinski definition) is 1. The van der Waals surface area contributed by atoms with Crippen molar-refractivity contribution in [1.29, 1.82) is 0 Å². The molecule has 13 rings (SSSR count). The summed E-state index contributed by atoms with van der Waals surface area (Å²) in [5.74, 6) is 0. The van der Waals surface area contributed by atoms with Crippen LogP contribution in [0.1, 0.15) is 51.4 Å². The number of allylic oxidation sites excluding steroid dienone is 5. The van der Waals surface area contributed by atoms with Gasteiger partial charge in [-0.3, -0.25) is 0 Å². The Balaban J connectivity index is 1.12. The zero-order valence-corrected chi connectivity index (χ0v) is 36.7. The summed E-state index contributed by atoms with van der Waals surface area (Å²) < 4.78 is 0. The van der Waals surface area contributed by atoms with Crippen LogP contribution in [0.4, 0.5) is 17.1 Å². The molecule has 0 aromatic heterocycles. The molecule has 1 spiro atoms. The Kier molecular flexibility index (Phi) is 8.48. The van der Waals surface area contributed by atoms with Crippen molar-refractivity contribution in [2.45, 2.75) is 17.8 Å². The minimum absolute atomic E-state index is 0.468. The monoisotopic (exact) mass is 839 g/mol. The van der Waals surface area contributed by atoms with Crippen molar-refractivity contribution in [3.8, 4) is 22.3 Å². The van der Waals surface area contributed by atoms with Gasteiger partial charge in [-0.25, -0.2) is 0 Å². The van der Waals surface area contributed by atoms with Gasteiger partial charge in [0.25, 0.3) is 0 Å². The first-order valence-electron chi connectivity index (χ1n) is 23.0. The van der Waals surface area contributed by atoms with E-state index in [1.54, 1.807) is 0 Å². The average molecular weight is 840 g/mol. The molecule has 0 atom stereocenters. The fourth-order valence-electron chi connectivity index (χ4n) is 12.3. The van der Waals surface area contributed by atoms with Gasteiger partial charge in [0.1, 0.15) is 0 Å². The normalized spacial score (nSPS) is 14.6. The van der Waals surface area contributed by atoms with E-state index in [1.807, 2.05) is 6.08 Å². The van der Waals surface area contributed by atoms with Crippen LogP contribution in [0, 0.1) is 0 Å². The molecule has 10 aromatic rings. The summed E-state index contributed by atoms with van der Waals surface area (Å²) in [6.07, 6.45) is 6.27. The first-order chi connectivity index (χ1) is 32.6. The van der Waals surface area contributed by atoms with E-state index in [1.165, 1.54) is 99.5 Å². The Hall–Kier alpha value is -8.26. The van der Waals surface area contributed by atoms with Crippen LogP contribution in [0.5, 0.6) is 0 Å². The Morgan fingerprint density at radius 1 is 0.409 bits per heavy atom. The quantitative estimate of drug-likeness (QED) is 0.114. The Labute approximate surface area is 386 Å². The van der Waals surface area contributed by atoms with Crippen molar-refractivity contribution in [1.82, 2.24) is 0 Å². The molecule has 0 saturated carbocycles. The van der Waals surface area contributed by atoms with Gasteiger partial charge in [-0.15, -0.1) is 0 Å². The predicted molar refractivity (Wildman–Crippen MR) is 277 cm³/mol. The maximum atomic E-state index is 4.11. The second kappa shape index (κ2) is 14.6. The largest absolute Gasteiger partial charge is 0.310 e. The van der Waals surface area contributed by atoms with E-state index in [-0.39, 0.29) is 0 Å². The second-order valence-corrected chi connectivity index (χ2v) is 18.0. The molecular formula is C65H45N. The van der Waals surface area contributed by atoms with Gasteiger partial charge >= 0.3 is 0 Å². The van der Waals surface area contributed by atoms with E-state index in [2.05, 4.69) is 255 Å². The molecular weight excluding hydrogens is 795 g/mol. The zero-order valence-electron chi connectivity index (χ0n) is 36.7. The SMILES string of the molecule is C=C/C=C\C1=C(C)c2ccc(N(c3ccc4c(ccc5ccccc54)c3)c3cccc4c3-c3ccccc3C43c4ccccc4-c4ccccc43)cc2C1(c1ccccc1)c1ccccc1. The van der Waals surface area contributed by atoms with Gasteiger partial charge in [-0.2, -0.15) is 0 Å². The lowest BCUT2D eigenvalue weighted by Gasteiger charge is -2.36. The Morgan fingerprint density at radius 3 is 1.65 bits per heavy atom. The molecule has 10 aromatic carbocycles. The van der Waals surface area contributed by atoms with Crippen LogP contribution in [0.2, 0.25) is 0 Å². The minimum Gasteiger partial charge on any atom is -0.310 e. The third kappa shape index (κ3) is 5.11. The number of nitrogens with zero attached hydrogens (tertiary/aromatic N) is 1. The molecule has 1 heteroatoms. The highest BCUT2D eigenvalue weighted by Crippen LogP contribution is 2.65. The van der Waals surface area contributed by atoms with Crippen LogP contribution in [0.15, 0.2) is 255 Å². The Bertz CT molecular complexity index is 3600. The van der Waals surface area contributed by atoms with Gasteiger partial charge in [-0.1, -0.05) is 219 Å². The van der Waals surface area contributed by atoms with Gasteiger partial charge in [0.2, 0.25) is 0 Å².